The van der Waals surface area contributed by atoms with Crippen LogP contribution in [0.5, 0.6) is 0 Å². The van der Waals surface area contributed by atoms with Crippen molar-refractivity contribution < 1.29 is 4.52 Å². The van der Waals surface area contributed by atoms with Crippen LogP contribution in [0.2, 0.25) is 0 Å². The maximum absolute atomic E-state index is 5.44. The summed E-state index contributed by atoms with van der Waals surface area (Å²) < 4.78 is 9.83. The molecule has 3 heterocycles. The number of benzene rings is 1. The normalized spacial score (nSPS) is 15.4. The summed E-state index contributed by atoms with van der Waals surface area (Å²) in [7, 11) is 0. The summed E-state index contributed by atoms with van der Waals surface area (Å²) in [5, 5.41) is 5.18. The molecule has 0 spiro atoms. The van der Waals surface area contributed by atoms with E-state index in [1.165, 1.54) is 11.5 Å². The first-order valence-electron chi connectivity index (χ1n) is 8.55. The highest BCUT2D eigenvalue weighted by Crippen LogP contribution is 2.23. The molecular formula is C17H20N6OS. The quantitative estimate of drug-likeness (QED) is 0.712. The van der Waals surface area contributed by atoms with Gasteiger partial charge in [-0.1, -0.05) is 25.1 Å². The van der Waals surface area contributed by atoms with Crippen LogP contribution in [-0.2, 0) is 6.42 Å². The topological polar surface area (TPSA) is 71.2 Å². The molecule has 0 unspecified atom stereocenters. The molecule has 0 amide bonds. The SMILES string of the molecule is CCc1nsc(N2CCCN(c3noc(-c4ccccc4)n3)CC2)n1. The third-order valence-electron chi connectivity index (χ3n) is 4.26. The Balaban J connectivity index is 1.45. The molecule has 1 aliphatic heterocycles. The van der Waals surface area contributed by atoms with Crippen molar-refractivity contribution in [2.75, 3.05) is 36.0 Å². The zero-order valence-corrected chi connectivity index (χ0v) is 14.9. The molecule has 8 heteroatoms. The lowest BCUT2D eigenvalue weighted by Crippen LogP contribution is -2.31. The van der Waals surface area contributed by atoms with Gasteiger partial charge in [-0.25, -0.2) is 4.98 Å². The molecule has 1 aliphatic rings. The Kier molecular flexibility index (Phi) is 4.60. The van der Waals surface area contributed by atoms with Crippen molar-refractivity contribution in [1.82, 2.24) is 19.5 Å². The molecule has 4 rings (SSSR count). The summed E-state index contributed by atoms with van der Waals surface area (Å²) in [6.07, 6.45) is 1.90. The van der Waals surface area contributed by atoms with Crippen molar-refractivity contribution in [3.8, 4) is 11.5 Å². The van der Waals surface area contributed by atoms with Gasteiger partial charge in [-0.05, 0) is 23.7 Å². The lowest BCUT2D eigenvalue weighted by atomic mass is 10.2. The first-order valence-corrected chi connectivity index (χ1v) is 9.32. The van der Waals surface area contributed by atoms with Crippen LogP contribution in [0, 0.1) is 0 Å². The summed E-state index contributed by atoms with van der Waals surface area (Å²) >= 11 is 1.48. The Labute approximate surface area is 150 Å². The van der Waals surface area contributed by atoms with Crippen LogP contribution in [0.15, 0.2) is 34.9 Å². The second-order valence-electron chi connectivity index (χ2n) is 5.94. The lowest BCUT2D eigenvalue weighted by Gasteiger charge is -2.19. The molecule has 0 radical (unpaired) electrons. The zero-order valence-electron chi connectivity index (χ0n) is 14.1. The number of aryl methyl sites for hydroxylation is 1. The van der Waals surface area contributed by atoms with E-state index < -0.39 is 0 Å². The maximum Gasteiger partial charge on any atom is 0.266 e. The summed E-state index contributed by atoms with van der Waals surface area (Å²) in [5.74, 6) is 2.15. The van der Waals surface area contributed by atoms with Crippen LogP contribution in [0.4, 0.5) is 11.1 Å². The molecule has 0 N–H and O–H groups in total. The second kappa shape index (κ2) is 7.18. The van der Waals surface area contributed by atoms with Crippen LogP contribution >= 0.6 is 11.5 Å². The largest absolute Gasteiger partial charge is 0.345 e. The second-order valence-corrected chi connectivity index (χ2v) is 6.67. The van der Waals surface area contributed by atoms with E-state index in [1.807, 2.05) is 30.3 Å². The van der Waals surface area contributed by atoms with Gasteiger partial charge in [0.2, 0.25) is 5.13 Å². The molecule has 1 fully saturated rings. The number of anilines is 2. The van der Waals surface area contributed by atoms with Crippen LogP contribution in [0.1, 0.15) is 19.2 Å². The number of aromatic nitrogens is 4. The molecule has 1 aromatic carbocycles. The fourth-order valence-corrected chi connectivity index (χ4v) is 3.67. The average Bonchev–Trinajstić information content (AvgIpc) is 3.28. The molecule has 25 heavy (non-hydrogen) atoms. The molecular weight excluding hydrogens is 336 g/mol. The Bertz CT molecular complexity index is 817. The van der Waals surface area contributed by atoms with E-state index in [0.29, 0.717) is 11.8 Å². The molecule has 0 atom stereocenters. The van der Waals surface area contributed by atoms with Gasteiger partial charge in [-0.3, -0.25) is 0 Å². The predicted octanol–water partition coefficient (Wildman–Crippen LogP) is 2.87. The van der Waals surface area contributed by atoms with Gasteiger partial charge in [0.15, 0.2) is 0 Å². The van der Waals surface area contributed by atoms with Crippen molar-refractivity contribution in [3.63, 3.8) is 0 Å². The van der Waals surface area contributed by atoms with Gasteiger partial charge in [0, 0.05) is 49.7 Å². The first-order chi connectivity index (χ1) is 12.3. The van der Waals surface area contributed by atoms with Gasteiger partial charge in [0.05, 0.1) is 0 Å². The highest BCUT2D eigenvalue weighted by molar-refractivity contribution is 7.09. The van der Waals surface area contributed by atoms with Gasteiger partial charge in [-0.15, -0.1) is 0 Å². The predicted molar refractivity (Wildman–Crippen MR) is 98.1 cm³/mol. The molecule has 7 nitrogen and oxygen atoms in total. The van der Waals surface area contributed by atoms with Gasteiger partial charge in [-0.2, -0.15) is 9.36 Å². The van der Waals surface area contributed by atoms with Crippen molar-refractivity contribution in [2.24, 2.45) is 0 Å². The summed E-state index contributed by atoms with van der Waals surface area (Å²) in [5.41, 5.74) is 0.943. The third kappa shape index (κ3) is 3.48. The zero-order chi connectivity index (χ0) is 17.1. The molecule has 0 bridgehead atoms. The molecule has 2 aromatic heterocycles. The Morgan fingerprint density at radius 2 is 1.84 bits per heavy atom. The van der Waals surface area contributed by atoms with Gasteiger partial charge in [0.25, 0.3) is 11.8 Å². The highest BCUT2D eigenvalue weighted by atomic mass is 32.1. The monoisotopic (exact) mass is 356 g/mol. The fraction of sp³-hybridized carbons (Fsp3) is 0.412. The Hall–Kier alpha value is -2.48. The maximum atomic E-state index is 5.44. The summed E-state index contributed by atoms with van der Waals surface area (Å²) in [4.78, 5) is 13.6. The van der Waals surface area contributed by atoms with E-state index in [4.69, 9.17) is 4.52 Å². The minimum absolute atomic E-state index is 0.563. The van der Waals surface area contributed by atoms with Crippen LogP contribution in [0.25, 0.3) is 11.5 Å². The minimum Gasteiger partial charge on any atom is -0.345 e. The number of nitrogens with zero attached hydrogens (tertiary/aromatic N) is 6. The average molecular weight is 356 g/mol. The van der Waals surface area contributed by atoms with Crippen LogP contribution in [-0.4, -0.2) is 45.7 Å². The van der Waals surface area contributed by atoms with Crippen molar-refractivity contribution in [1.29, 1.82) is 0 Å². The van der Waals surface area contributed by atoms with E-state index in [-0.39, 0.29) is 0 Å². The molecule has 0 aliphatic carbocycles. The number of hydrogen-bond donors (Lipinski definition) is 0. The molecule has 130 valence electrons. The first kappa shape index (κ1) is 16.0. The van der Waals surface area contributed by atoms with Crippen molar-refractivity contribution >= 4 is 22.6 Å². The molecule has 3 aromatic rings. The van der Waals surface area contributed by atoms with E-state index >= 15 is 0 Å². The fourth-order valence-electron chi connectivity index (χ4n) is 2.87. The van der Waals surface area contributed by atoms with E-state index in [2.05, 4.69) is 36.2 Å². The number of hydrogen-bond acceptors (Lipinski definition) is 8. The van der Waals surface area contributed by atoms with E-state index in [0.717, 1.165) is 55.5 Å². The van der Waals surface area contributed by atoms with Crippen LogP contribution < -0.4 is 9.80 Å². The summed E-state index contributed by atoms with van der Waals surface area (Å²) in [6.45, 7) is 5.68. The van der Waals surface area contributed by atoms with Crippen LogP contribution in [0.3, 0.4) is 0 Å². The van der Waals surface area contributed by atoms with Gasteiger partial charge < -0.3 is 14.3 Å². The standard InChI is InChI=1S/C17H20N6OS/c1-2-14-18-17(25-21-14)23-10-6-9-22(11-12-23)16-19-15(24-20-16)13-7-4-3-5-8-13/h3-5,7-8H,2,6,9-12H2,1H3. The highest BCUT2D eigenvalue weighted by Gasteiger charge is 2.21. The third-order valence-corrected chi connectivity index (χ3v) is 5.07. The minimum atomic E-state index is 0.563. The smallest absolute Gasteiger partial charge is 0.266 e. The van der Waals surface area contributed by atoms with Gasteiger partial charge >= 0.3 is 0 Å². The lowest BCUT2D eigenvalue weighted by molar-refractivity contribution is 0.429. The van der Waals surface area contributed by atoms with E-state index in [9.17, 15) is 0 Å². The molecule has 1 saturated heterocycles. The van der Waals surface area contributed by atoms with Crippen molar-refractivity contribution in [2.45, 2.75) is 19.8 Å². The van der Waals surface area contributed by atoms with E-state index in [1.54, 1.807) is 0 Å². The Morgan fingerprint density at radius 3 is 2.64 bits per heavy atom. The summed E-state index contributed by atoms with van der Waals surface area (Å²) in [6, 6.07) is 9.86. The number of rotatable bonds is 4. The van der Waals surface area contributed by atoms with Gasteiger partial charge in [0.1, 0.15) is 5.82 Å². The Morgan fingerprint density at radius 1 is 1.04 bits per heavy atom. The molecule has 0 saturated carbocycles. The van der Waals surface area contributed by atoms with Crippen molar-refractivity contribution in [3.05, 3.63) is 36.2 Å².